The minimum absolute atomic E-state index is 0.00355. The summed E-state index contributed by atoms with van der Waals surface area (Å²) in [5.41, 5.74) is 5.17. The molecule has 0 radical (unpaired) electrons. The maximum absolute atomic E-state index is 13.1. The number of aromatic amines is 1. The van der Waals surface area contributed by atoms with Crippen molar-refractivity contribution >= 4 is 28.4 Å². The van der Waals surface area contributed by atoms with E-state index in [4.69, 9.17) is 0 Å². The predicted molar refractivity (Wildman–Crippen MR) is 110 cm³/mol. The van der Waals surface area contributed by atoms with Crippen molar-refractivity contribution in [3.63, 3.8) is 0 Å². The zero-order valence-electron chi connectivity index (χ0n) is 15.9. The molecule has 0 aliphatic carbocycles. The van der Waals surface area contributed by atoms with E-state index >= 15 is 0 Å². The predicted octanol–water partition coefficient (Wildman–Crippen LogP) is 3.53. The first-order chi connectivity index (χ1) is 13.6. The molecular formula is C23H23N3O2. The minimum Gasteiger partial charge on any atom is -0.360 e. The third-order valence-corrected chi connectivity index (χ3v) is 5.96. The number of carbonyl (C=O) groups is 2. The molecule has 0 saturated carbocycles. The molecule has 5 rings (SSSR count). The summed E-state index contributed by atoms with van der Waals surface area (Å²) in [5, 5.41) is 0.933. The molecule has 0 spiro atoms. The van der Waals surface area contributed by atoms with E-state index in [2.05, 4.69) is 30.1 Å². The summed E-state index contributed by atoms with van der Waals surface area (Å²) in [6.45, 7) is 3.84. The van der Waals surface area contributed by atoms with Crippen LogP contribution in [-0.4, -0.2) is 41.3 Å². The lowest BCUT2D eigenvalue weighted by Gasteiger charge is -2.41. The number of likely N-dealkylation sites (tertiary alicyclic amines) is 1. The second-order valence-corrected chi connectivity index (χ2v) is 7.88. The van der Waals surface area contributed by atoms with Gasteiger partial charge in [0, 0.05) is 42.4 Å². The number of benzene rings is 2. The lowest BCUT2D eigenvalue weighted by Crippen LogP contribution is -2.57. The molecule has 142 valence electrons. The maximum atomic E-state index is 13.1. The first-order valence-corrected chi connectivity index (χ1v) is 9.88. The number of fused-ring (bicyclic) bond motifs is 2. The lowest BCUT2D eigenvalue weighted by atomic mass is 9.93. The molecule has 1 N–H and O–H groups in total. The van der Waals surface area contributed by atoms with Crippen LogP contribution in [0.5, 0.6) is 0 Å². The summed E-state index contributed by atoms with van der Waals surface area (Å²) in [7, 11) is 0. The van der Waals surface area contributed by atoms with Crippen LogP contribution in [0.25, 0.3) is 10.9 Å². The van der Waals surface area contributed by atoms with Crippen LogP contribution in [0.1, 0.15) is 27.9 Å². The number of amides is 2. The van der Waals surface area contributed by atoms with Gasteiger partial charge in [0.25, 0.3) is 5.91 Å². The van der Waals surface area contributed by atoms with Gasteiger partial charge in [-0.3, -0.25) is 9.59 Å². The van der Waals surface area contributed by atoms with Gasteiger partial charge >= 0.3 is 0 Å². The van der Waals surface area contributed by atoms with Crippen LogP contribution < -0.4 is 4.90 Å². The van der Waals surface area contributed by atoms with Crippen molar-refractivity contribution < 1.29 is 9.59 Å². The van der Waals surface area contributed by atoms with E-state index in [0.29, 0.717) is 18.7 Å². The third-order valence-electron chi connectivity index (χ3n) is 5.96. The summed E-state index contributed by atoms with van der Waals surface area (Å²) >= 11 is 0. The van der Waals surface area contributed by atoms with E-state index in [9.17, 15) is 9.59 Å². The molecule has 28 heavy (non-hydrogen) atoms. The molecule has 0 atom stereocenters. The van der Waals surface area contributed by atoms with Crippen LogP contribution in [0, 0.1) is 12.8 Å². The van der Waals surface area contributed by atoms with E-state index in [0.717, 1.165) is 36.0 Å². The van der Waals surface area contributed by atoms with Gasteiger partial charge in [0.2, 0.25) is 5.91 Å². The van der Waals surface area contributed by atoms with E-state index in [1.54, 1.807) is 11.1 Å². The minimum atomic E-state index is -0.110. The first-order valence-electron chi connectivity index (χ1n) is 9.88. The summed E-state index contributed by atoms with van der Waals surface area (Å²) in [5.74, 6) is 0.0327. The number of rotatable bonds is 2. The highest BCUT2D eigenvalue weighted by atomic mass is 16.2. The number of para-hydroxylation sites is 1. The van der Waals surface area contributed by atoms with Crippen LogP contribution in [-0.2, 0) is 11.2 Å². The van der Waals surface area contributed by atoms with Gasteiger partial charge in [0.05, 0.1) is 11.5 Å². The fourth-order valence-electron chi connectivity index (χ4n) is 4.39. The summed E-state index contributed by atoms with van der Waals surface area (Å²) in [4.78, 5) is 32.8. The molecule has 3 heterocycles. The summed E-state index contributed by atoms with van der Waals surface area (Å²) in [6, 6.07) is 14.1. The van der Waals surface area contributed by atoms with Crippen molar-refractivity contribution in [2.45, 2.75) is 19.8 Å². The smallest absolute Gasteiger partial charge is 0.256 e. The van der Waals surface area contributed by atoms with E-state index in [-0.39, 0.29) is 17.7 Å². The average Bonchev–Trinajstić information content (AvgIpc) is 3.10. The molecule has 2 aromatic carbocycles. The topological polar surface area (TPSA) is 56.4 Å². The highest BCUT2D eigenvalue weighted by molar-refractivity contribution is 6.08. The number of hydrogen-bond donors (Lipinski definition) is 1. The quantitative estimate of drug-likeness (QED) is 0.747. The van der Waals surface area contributed by atoms with Gasteiger partial charge < -0.3 is 14.8 Å². The van der Waals surface area contributed by atoms with Crippen molar-refractivity contribution in [3.8, 4) is 0 Å². The Morgan fingerprint density at radius 3 is 2.79 bits per heavy atom. The molecule has 1 aromatic heterocycles. The van der Waals surface area contributed by atoms with Crippen LogP contribution >= 0.6 is 0 Å². The lowest BCUT2D eigenvalue weighted by molar-refractivity contribution is -0.126. The molecule has 0 unspecified atom stereocenters. The number of aromatic nitrogens is 1. The van der Waals surface area contributed by atoms with Crippen molar-refractivity contribution in [2.75, 3.05) is 24.5 Å². The molecule has 1 fully saturated rings. The molecular weight excluding hydrogens is 350 g/mol. The fourth-order valence-corrected chi connectivity index (χ4v) is 4.39. The third kappa shape index (κ3) is 2.70. The number of hydrogen-bond acceptors (Lipinski definition) is 2. The Hall–Kier alpha value is -3.08. The largest absolute Gasteiger partial charge is 0.360 e. The number of H-pyrrole nitrogens is 1. The molecule has 0 bridgehead atoms. The SMILES string of the molecule is Cc1ccc2c(c1)CCCN2C(=O)C1CN(C(=O)c2c[nH]c3ccccc23)C1. The van der Waals surface area contributed by atoms with Gasteiger partial charge in [-0.1, -0.05) is 35.9 Å². The Kier molecular flexibility index (Phi) is 3.97. The van der Waals surface area contributed by atoms with Crippen molar-refractivity contribution in [1.82, 2.24) is 9.88 Å². The highest BCUT2D eigenvalue weighted by Crippen LogP contribution is 2.31. The number of nitrogens with one attached hydrogen (secondary N) is 1. The van der Waals surface area contributed by atoms with Crippen molar-refractivity contribution in [1.29, 1.82) is 0 Å². The van der Waals surface area contributed by atoms with Gasteiger partial charge in [-0.2, -0.15) is 0 Å². The van der Waals surface area contributed by atoms with Gasteiger partial charge in [-0.15, -0.1) is 0 Å². The van der Waals surface area contributed by atoms with Crippen molar-refractivity contribution in [3.05, 3.63) is 65.4 Å². The van der Waals surface area contributed by atoms with E-state index in [1.165, 1.54) is 11.1 Å². The number of carbonyl (C=O) groups excluding carboxylic acids is 2. The Morgan fingerprint density at radius 2 is 1.93 bits per heavy atom. The fraction of sp³-hybridized carbons (Fsp3) is 0.304. The van der Waals surface area contributed by atoms with E-state index in [1.807, 2.05) is 29.2 Å². The van der Waals surface area contributed by atoms with Gasteiger partial charge in [0.1, 0.15) is 0 Å². The Labute approximate surface area is 163 Å². The molecule has 2 amide bonds. The van der Waals surface area contributed by atoms with Crippen LogP contribution in [0.2, 0.25) is 0 Å². The number of nitrogens with zero attached hydrogens (tertiary/aromatic N) is 2. The summed E-state index contributed by atoms with van der Waals surface area (Å²) in [6.07, 6.45) is 3.79. The molecule has 3 aromatic rings. The van der Waals surface area contributed by atoms with Crippen molar-refractivity contribution in [2.24, 2.45) is 5.92 Å². The zero-order valence-corrected chi connectivity index (χ0v) is 15.9. The second-order valence-electron chi connectivity index (χ2n) is 7.88. The molecule has 1 saturated heterocycles. The molecule has 2 aliphatic heterocycles. The second kappa shape index (κ2) is 6.51. The van der Waals surface area contributed by atoms with Gasteiger partial charge in [-0.25, -0.2) is 0 Å². The van der Waals surface area contributed by atoms with Gasteiger partial charge in [-0.05, 0) is 37.5 Å². The number of aryl methyl sites for hydroxylation is 2. The summed E-state index contributed by atoms with van der Waals surface area (Å²) < 4.78 is 0. The zero-order chi connectivity index (χ0) is 19.3. The van der Waals surface area contributed by atoms with Crippen LogP contribution in [0.4, 0.5) is 5.69 Å². The van der Waals surface area contributed by atoms with E-state index < -0.39 is 0 Å². The molecule has 5 heteroatoms. The normalized spacial score (nSPS) is 16.8. The van der Waals surface area contributed by atoms with Crippen LogP contribution in [0.3, 0.4) is 0 Å². The Morgan fingerprint density at radius 1 is 1.11 bits per heavy atom. The molecule has 2 aliphatic rings. The maximum Gasteiger partial charge on any atom is 0.256 e. The number of anilines is 1. The molecule has 5 nitrogen and oxygen atoms in total. The Bertz CT molecular complexity index is 1080. The Balaban J connectivity index is 1.30. The standard InChI is InChI=1S/C23H23N3O2/c1-15-8-9-21-16(11-15)5-4-10-26(21)22(27)17-13-25(14-17)23(28)19-12-24-20-7-3-2-6-18(19)20/h2-3,6-9,11-12,17,24H,4-5,10,13-14H2,1H3. The first kappa shape index (κ1) is 17.0. The monoisotopic (exact) mass is 373 g/mol. The van der Waals surface area contributed by atoms with Gasteiger partial charge in [0.15, 0.2) is 0 Å². The van der Waals surface area contributed by atoms with Crippen LogP contribution in [0.15, 0.2) is 48.7 Å². The average molecular weight is 373 g/mol. The highest BCUT2D eigenvalue weighted by Gasteiger charge is 2.39.